The zero-order valence-corrected chi connectivity index (χ0v) is 7.93. The summed E-state index contributed by atoms with van der Waals surface area (Å²) in [6, 6.07) is 5.04. The summed E-state index contributed by atoms with van der Waals surface area (Å²) in [5.41, 5.74) is 6.35. The van der Waals surface area contributed by atoms with Gasteiger partial charge in [0, 0.05) is 6.04 Å². The summed E-state index contributed by atoms with van der Waals surface area (Å²) in [7, 11) is 0. The Bertz CT molecular complexity index is 338. The number of hydrogen-bond donors (Lipinski definition) is 2. The molecule has 76 valence electrons. The Kier molecular flexibility index (Phi) is 2.31. The first-order valence-corrected chi connectivity index (χ1v) is 4.51. The third-order valence-corrected chi connectivity index (χ3v) is 2.24. The lowest BCUT2D eigenvalue weighted by Crippen LogP contribution is -2.24. The zero-order chi connectivity index (χ0) is 10.1. The van der Waals surface area contributed by atoms with Gasteiger partial charge in [-0.25, -0.2) is 0 Å². The third kappa shape index (κ3) is 1.54. The Balaban J connectivity index is 2.28. The SMILES string of the molecule is C[C@H](N)[C@@H](O)c1ccc2c(c1)OCO2. The zero-order valence-electron chi connectivity index (χ0n) is 7.93. The average molecular weight is 195 g/mol. The molecule has 0 unspecified atom stereocenters. The second-order valence-corrected chi connectivity index (χ2v) is 3.42. The first-order chi connectivity index (χ1) is 6.68. The van der Waals surface area contributed by atoms with Crippen LogP contribution >= 0.6 is 0 Å². The van der Waals surface area contributed by atoms with Crippen molar-refractivity contribution in [1.29, 1.82) is 0 Å². The Hall–Kier alpha value is -1.26. The largest absolute Gasteiger partial charge is 0.454 e. The molecule has 0 spiro atoms. The summed E-state index contributed by atoms with van der Waals surface area (Å²) in [5.74, 6) is 1.38. The molecule has 2 rings (SSSR count). The van der Waals surface area contributed by atoms with Crippen LogP contribution in [0.25, 0.3) is 0 Å². The van der Waals surface area contributed by atoms with E-state index in [2.05, 4.69) is 0 Å². The molecule has 0 amide bonds. The molecule has 4 nitrogen and oxygen atoms in total. The van der Waals surface area contributed by atoms with Crippen LogP contribution < -0.4 is 15.2 Å². The van der Waals surface area contributed by atoms with Gasteiger partial charge < -0.3 is 20.3 Å². The standard InChI is InChI=1S/C10H13NO3/c1-6(11)10(12)7-2-3-8-9(4-7)14-5-13-8/h2-4,6,10,12H,5,11H2,1H3/t6-,10+/m0/s1. The van der Waals surface area contributed by atoms with Crippen molar-refractivity contribution >= 4 is 0 Å². The lowest BCUT2D eigenvalue weighted by atomic mass is 10.0. The first kappa shape index (κ1) is 9.30. The molecule has 4 heteroatoms. The molecule has 0 aromatic heterocycles. The van der Waals surface area contributed by atoms with Gasteiger partial charge in [0.2, 0.25) is 6.79 Å². The highest BCUT2D eigenvalue weighted by atomic mass is 16.7. The van der Waals surface area contributed by atoms with E-state index in [1.807, 2.05) is 0 Å². The molecule has 1 aromatic carbocycles. The number of aliphatic hydroxyl groups excluding tert-OH is 1. The highest BCUT2D eigenvalue weighted by Crippen LogP contribution is 2.34. The second kappa shape index (κ2) is 3.48. The predicted molar refractivity (Wildman–Crippen MR) is 51.2 cm³/mol. The number of rotatable bonds is 2. The van der Waals surface area contributed by atoms with Crippen LogP contribution in [0.4, 0.5) is 0 Å². The van der Waals surface area contributed by atoms with Crippen LogP contribution in [0.3, 0.4) is 0 Å². The summed E-state index contributed by atoms with van der Waals surface area (Å²) in [6.45, 7) is 2.00. The summed E-state index contributed by atoms with van der Waals surface area (Å²) in [5, 5.41) is 9.71. The van der Waals surface area contributed by atoms with Crippen LogP contribution in [-0.2, 0) is 0 Å². The fourth-order valence-electron chi connectivity index (χ4n) is 1.40. The van der Waals surface area contributed by atoms with E-state index in [1.165, 1.54) is 0 Å². The summed E-state index contributed by atoms with van der Waals surface area (Å²) in [4.78, 5) is 0. The highest BCUT2D eigenvalue weighted by Gasteiger charge is 2.18. The lowest BCUT2D eigenvalue weighted by molar-refractivity contribution is 0.152. The summed E-state index contributed by atoms with van der Waals surface area (Å²) < 4.78 is 10.4. The number of aliphatic hydroxyl groups is 1. The maximum absolute atomic E-state index is 9.71. The van der Waals surface area contributed by atoms with Crippen molar-refractivity contribution in [2.24, 2.45) is 5.73 Å². The first-order valence-electron chi connectivity index (χ1n) is 4.51. The fourth-order valence-corrected chi connectivity index (χ4v) is 1.40. The van der Waals surface area contributed by atoms with E-state index in [4.69, 9.17) is 15.2 Å². The monoisotopic (exact) mass is 195 g/mol. The van der Waals surface area contributed by atoms with Crippen molar-refractivity contribution in [1.82, 2.24) is 0 Å². The van der Waals surface area contributed by atoms with Crippen LogP contribution in [0.1, 0.15) is 18.6 Å². The van der Waals surface area contributed by atoms with Gasteiger partial charge in [-0.1, -0.05) is 6.07 Å². The fraction of sp³-hybridized carbons (Fsp3) is 0.400. The minimum Gasteiger partial charge on any atom is -0.454 e. The number of hydrogen-bond acceptors (Lipinski definition) is 4. The molecule has 1 heterocycles. The van der Waals surface area contributed by atoms with Crippen molar-refractivity contribution in [3.8, 4) is 11.5 Å². The Labute approximate surface area is 82.2 Å². The van der Waals surface area contributed by atoms with Crippen LogP contribution in [0.5, 0.6) is 11.5 Å². The molecule has 1 aromatic rings. The van der Waals surface area contributed by atoms with Crippen LogP contribution in [-0.4, -0.2) is 17.9 Å². The van der Waals surface area contributed by atoms with E-state index in [1.54, 1.807) is 25.1 Å². The van der Waals surface area contributed by atoms with Gasteiger partial charge in [-0.2, -0.15) is 0 Å². The second-order valence-electron chi connectivity index (χ2n) is 3.42. The highest BCUT2D eigenvalue weighted by molar-refractivity contribution is 5.45. The molecule has 2 atom stereocenters. The van der Waals surface area contributed by atoms with E-state index >= 15 is 0 Å². The predicted octanol–water partition coefficient (Wildman–Crippen LogP) is 0.796. The molecule has 14 heavy (non-hydrogen) atoms. The molecule has 0 bridgehead atoms. The van der Waals surface area contributed by atoms with Gasteiger partial charge in [0.1, 0.15) is 0 Å². The normalized spacial score (nSPS) is 17.9. The number of benzene rings is 1. The van der Waals surface area contributed by atoms with Crippen molar-refractivity contribution in [2.45, 2.75) is 19.1 Å². The minimum absolute atomic E-state index is 0.243. The molecule has 1 aliphatic rings. The van der Waals surface area contributed by atoms with E-state index < -0.39 is 6.10 Å². The van der Waals surface area contributed by atoms with Crippen molar-refractivity contribution in [2.75, 3.05) is 6.79 Å². The van der Waals surface area contributed by atoms with E-state index in [0.29, 0.717) is 11.5 Å². The molecule has 0 fully saturated rings. The van der Waals surface area contributed by atoms with Crippen LogP contribution in [0, 0.1) is 0 Å². The van der Waals surface area contributed by atoms with Gasteiger partial charge in [0.15, 0.2) is 11.5 Å². The van der Waals surface area contributed by atoms with E-state index in [9.17, 15) is 5.11 Å². The molecule has 0 saturated carbocycles. The average Bonchev–Trinajstić information content (AvgIpc) is 2.62. The number of fused-ring (bicyclic) bond motifs is 1. The maximum atomic E-state index is 9.71. The van der Waals surface area contributed by atoms with E-state index in [-0.39, 0.29) is 12.8 Å². The minimum atomic E-state index is -0.663. The van der Waals surface area contributed by atoms with Gasteiger partial charge in [0.25, 0.3) is 0 Å². The molecule has 0 radical (unpaired) electrons. The van der Waals surface area contributed by atoms with Gasteiger partial charge >= 0.3 is 0 Å². The Morgan fingerprint density at radius 3 is 2.79 bits per heavy atom. The van der Waals surface area contributed by atoms with Crippen molar-refractivity contribution in [3.63, 3.8) is 0 Å². The quantitative estimate of drug-likeness (QED) is 0.732. The van der Waals surface area contributed by atoms with Gasteiger partial charge in [-0.3, -0.25) is 0 Å². The topological polar surface area (TPSA) is 64.7 Å². The van der Waals surface area contributed by atoms with E-state index in [0.717, 1.165) is 5.56 Å². The molecule has 3 N–H and O–H groups in total. The molecule has 1 aliphatic heterocycles. The van der Waals surface area contributed by atoms with Crippen molar-refractivity contribution in [3.05, 3.63) is 23.8 Å². The molecule has 0 saturated heterocycles. The third-order valence-electron chi connectivity index (χ3n) is 2.24. The number of ether oxygens (including phenoxy) is 2. The van der Waals surface area contributed by atoms with Crippen LogP contribution in [0.15, 0.2) is 18.2 Å². The summed E-state index contributed by atoms with van der Waals surface area (Å²) in [6.07, 6.45) is -0.663. The van der Waals surface area contributed by atoms with Crippen LogP contribution in [0.2, 0.25) is 0 Å². The molecular formula is C10H13NO3. The van der Waals surface area contributed by atoms with Gasteiger partial charge in [-0.15, -0.1) is 0 Å². The maximum Gasteiger partial charge on any atom is 0.231 e. The van der Waals surface area contributed by atoms with Gasteiger partial charge in [-0.05, 0) is 24.6 Å². The smallest absolute Gasteiger partial charge is 0.231 e. The molecule has 0 aliphatic carbocycles. The Morgan fingerprint density at radius 1 is 1.36 bits per heavy atom. The number of nitrogens with two attached hydrogens (primary N) is 1. The summed E-state index contributed by atoms with van der Waals surface area (Å²) >= 11 is 0. The molecular weight excluding hydrogens is 182 g/mol. The lowest BCUT2D eigenvalue weighted by Gasteiger charge is -2.14. The van der Waals surface area contributed by atoms with Gasteiger partial charge in [0.05, 0.1) is 6.10 Å². The Morgan fingerprint density at radius 2 is 2.07 bits per heavy atom. The van der Waals surface area contributed by atoms with Crippen molar-refractivity contribution < 1.29 is 14.6 Å².